The van der Waals surface area contributed by atoms with Gasteiger partial charge in [-0.25, -0.2) is 15.0 Å². The first-order valence-corrected chi connectivity index (χ1v) is 14.0. The van der Waals surface area contributed by atoms with E-state index >= 15 is 0 Å². The maximum absolute atomic E-state index is 13.5. The molecular weight excluding hydrogens is 563 g/mol. The second-order valence-electron chi connectivity index (χ2n) is 10.7. The number of carbonyl (C=O) groups is 4. The van der Waals surface area contributed by atoms with Crippen LogP contribution < -0.4 is 21.9 Å². The number of nitrogens with one attached hydrogen (secondary N) is 3. The summed E-state index contributed by atoms with van der Waals surface area (Å²) in [6.45, 7) is 5.91. The van der Waals surface area contributed by atoms with Gasteiger partial charge in [0.2, 0.25) is 11.6 Å². The Morgan fingerprint density at radius 3 is 2.49 bits per heavy atom. The summed E-state index contributed by atoms with van der Waals surface area (Å²) < 4.78 is 29.6. The fourth-order valence-corrected chi connectivity index (χ4v) is 4.97. The molecule has 1 heterocycles. The highest BCUT2D eigenvalue weighted by molar-refractivity contribution is 6.23. The number of rotatable bonds is 6. The van der Waals surface area contributed by atoms with Crippen LogP contribution in [-0.4, -0.2) is 80.5 Å². The number of allylic oxidation sites excluding steroid dienone is 4. The number of hydrogen-bond acceptors (Lipinski definition) is 10. The van der Waals surface area contributed by atoms with Gasteiger partial charge in [-0.05, 0) is 38.2 Å². The van der Waals surface area contributed by atoms with Crippen molar-refractivity contribution in [2.75, 3.05) is 27.4 Å². The van der Waals surface area contributed by atoms with E-state index in [1.54, 1.807) is 26.0 Å². The molecule has 0 aromatic heterocycles. The summed E-state index contributed by atoms with van der Waals surface area (Å²) in [4.78, 5) is 51.5. The van der Waals surface area contributed by atoms with E-state index in [-0.39, 0.29) is 41.4 Å². The summed E-state index contributed by atoms with van der Waals surface area (Å²) in [5.41, 5.74) is 2.57. The van der Waals surface area contributed by atoms with Gasteiger partial charge in [0.15, 0.2) is 6.10 Å². The third kappa shape index (κ3) is 9.68. The molecule has 12 nitrogen and oxygen atoms in total. The van der Waals surface area contributed by atoms with E-state index in [1.165, 1.54) is 33.3 Å². The molecule has 1 aliphatic heterocycles. The molecule has 2 amide bonds. The Kier molecular flexibility index (Phi) is 13.9. The summed E-state index contributed by atoms with van der Waals surface area (Å²) in [6.07, 6.45) is 3.35. The number of aliphatic hydroxyl groups excluding tert-OH is 1. The molecule has 2 rings (SSSR count). The Morgan fingerprint density at radius 1 is 1.19 bits per heavy atom. The number of ether oxygens (including phenoxy) is 3. The molecule has 0 unspecified atom stereocenters. The third-order valence-corrected chi connectivity index (χ3v) is 7.30. The van der Waals surface area contributed by atoms with Crippen molar-refractivity contribution in [3.8, 4) is 0 Å². The quantitative estimate of drug-likeness (QED) is 0.0985. The predicted molar refractivity (Wildman–Crippen MR) is 157 cm³/mol. The van der Waals surface area contributed by atoms with Gasteiger partial charge in [-0.1, -0.05) is 38.2 Å². The van der Waals surface area contributed by atoms with Crippen LogP contribution in [0, 0.1) is 11.8 Å². The zero-order valence-corrected chi connectivity index (χ0v) is 25.4. The van der Waals surface area contributed by atoms with Crippen molar-refractivity contribution in [3.63, 3.8) is 0 Å². The average Bonchev–Trinajstić information content (AvgIpc) is 2.97. The minimum atomic E-state index is -1.01. The molecule has 6 atom stereocenters. The molecule has 2 bridgehead atoms. The van der Waals surface area contributed by atoms with Gasteiger partial charge in [0.1, 0.15) is 12.8 Å². The van der Waals surface area contributed by atoms with Crippen molar-refractivity contribution >= 4 is 23.6 Å². The number of fused-ring (bicyclic) bond motifs is 2. The van der Waals surface area contributed by atoms with Gasteiger partial charge in [-0.15, -0.1) is 0 Å². The number of methoxy groups -OCH3 is 2. The number of halogens is 1. The van der Waals surface area contributed by atoms with Gasteiger partial charge in [-0.3, -0.25) is 19.8 Å². The fraction of sp³-hybridized carbons (Fsp3) is 0.533. The molecule has 0 aromatic rings. The Balaban J connectivity index is 2.62. The van der Waals surface area contributed by atoms with E-state index in [2.05, 4.69) is 10.6 Å². The Bertz CT molecular complexity index is 1210. The molecular formula is C30H43FN4O8. The summed E-state index contributed by atoms with van der Waals surface area (Å²) in [5.74, 6) is 2.72. The number of alkyl halides is 1. The number of carbonyl (C=O) groups excluding carboxylic acids is 4. The normalized spacial score (nSPS) is 31.2. The molecule has 0 aromatic carbocycles. The highest BCUT2D eigenvalue weighted by atomic mass is 19.1. The lowest BCUT2D eigenvalue weighted by Gasteiger charge is -2.30. The molecule has 238 valence electrons. The van der Waals surface area contributed by atoms with Crippen LogP contribution >= 0.6 is 0 Å². The Hall–Kier alpha value is -3.65. The Morgan fingerprint density at radius 2 is 1.88 bits per heavy atom. The van der Waals surface area contributed by atoms with Crippen LogP contribution in [0.4, 0.5) is 9.18 Å². The molecule has 0 spiro atoms. The molecule has 6 N–H and O–H groups in total. The van der Waals surface area contributed by atoms with Crippen LogP contribution in [0.1, 0.15) is 40.5 Å². The van der Waals surface area contributed by atoms with E-state index in [1.807, 2.05) is 12.3 Å². The molecule has 43 heavy (non-hydrogen) atoms. The lowest BCUT2D eigenvalue weighted by atomic mass is 9.85. The first kappa shape index (κ1) is 35.5. The number of hydrazine groups is 1. The van der Waals surface area contributed by atoms with Gasteiger partial charge < -0.3 is 30.0 Å². The third-order valence-electron chi connectivity index (χ3n) is 7.30. The first-order valence-electron chi connectivity index (χ1n) is 14.0. The van der Waals surface area contributed by atoms with Crippen molar-refractivity contribution in [2.45, 2.75) is 65.0 Å². The SMILES string of the molecule is CO[C@H]1/C=C\C=C(/C)C(=O)NC2=CC(=O)C(NCCF)=C(C[C@@H](C)C[C@H](OC)[C@H](O)[C@@H](C)/C=C(\C)[C@@H]1OC(=O)NN)C2=O. The zero-order valence-electron chi connectivity index (χ0n) is 25.4. The first-order chi connectivity index (χ1) is 20.4. The van der Waals surface area contributed by atoms with Gasteiger partial charge in [0, 0.05) is 43.9 Å². The minimum Gasteiger partial charge on any atom is -0.438 e. The van der Waals surface area contributed by atoms with E-state index in [9.17, 15) is 28.7 Å². The molecule has 0 saturated carbocycles. The summed E-state index contributed by atoms with van der Waals surface area (Å²) in [7, 11) is 2.87. The zero-order chi connectivity index (χ0) is 32.3. The number of amides is 2. The maximum atomic E-state index is 13.5. The number of ketones is 2. The topological polar surface area (TPSA) is 178 Å². The largest absolute Gasteiger partial charge is 0.438 e. The van der Waals surface area contributed by atoms with E-state index in [4.69, 9.17) is 20.1 Å². The monoisotopic (exact) mass is 606 g/mol. The molecule has 2 aliphatic rings. The van der Waals surface area contributed by atoms with E-state index < -0.39 is 60.6 Å². The fourth-order valence-electron chi connectivity index (χ4n) is 4.97. The van der Waals surface area contributed by atoms with Crippen LogP contribution in [-0.2, 0) is 28.6 Å². The van der Waals surface area contributed by atoms with Crippen LogP contribution in [0.5, 0.6) is 0 Å². The van der Waals surface area contributed by atoms with Crippen molar-refractivity contribution in [1.29, 1.82) is 0 Å². The maximum Gasteiger partial charge on any atom is 0.422 e. The summed E-state index contributed by atoms with van der Waals surface area (Å²) in [5, 5.41) is 16.4. The van der Waals surface area contributed by atoms with E-state index in [0.29, 0.717) is 12.0 Å². The molecule has 0 saturated heterocycles. The van der Waals surface area contributed by atoms with E-state index in [0.717, 1.165) is 6.08 Å². The number of Topliss-reactive ketones (excluding diaryl/α,β-unsaturated/α-hetero) is 1. The second kappa shape index (κ2) is 16.8. The van der Waals surface area contributed by atoms with Crippen LogP contribution in [0.3, 0.4) is 0 Å². The predicted octanol–water partition coefficient (Wildman–Crippen LogP) is 1.83. The van der Waals surface area contributed by atoms with Crippen molar-refractivity contribution in [1.82, 2.24) is 16.1 Å². The molecule has 1 aliphatic carbocycles. The highest BCUT2D eigenvalue weighted by Gasteiger charge is 2.33. The van der Waals surface area contributed by atoms with Crippen LogP contribution in [0.25, 0.3) is 0 Å². The lowest BCUT2D eigenvalue weighted by Crippen LogP contribution is -2.40. The van der Waals surface area contributed by atoms with Crippen molar-refractivity contribution < 1.29 is 42.9 Å². The van der Waals surface area contributed by atoms with Crippen LogP contribution in [0.15, 0.2) is 58.5 Å². The van der Waals surface area contributed by atoms with Crippen molar-refractivity contribution in [2.24, 2.45) is 17.7 Å². The number of nitrogens with two attached hydrogens (primary N) is 1. The minimum absolute atomic E-state index is 0.0202. The highest BCUT2D eigenvalue weighted by Crippen LogP contribution is 2.28. The van der Waals surface area contributed by atoms with Crippen LogP contribution in [0.2, 0.25) is 0 Å². The smallest absolute Gasteiger partial charge is 0.422 e. The van der Waals surface area contributed by atoms with Gasteiger partial charge >= 0.3 is 6.09 Å². The van der Waals surface area contributed by atoms with Crippen molar-refractivity contribution in [3.05, 3.63) is 58.5 Å². The molecule has 13 heteroatoms. The van der Waals surface area contributed by atoms with Gasteiger partial charge in [-0.2, -0.15) is 0 Å². The van der Waals surface area contributed by atoms with Gasteiger partial charge in [0.05, 0.1) is 23.6 Å². The average molecular weight is 607 g/mol. The summed E-state index contributed by atoms with van der Waals surface area (Å²) >= 11 is 0. The second-order valence-corrected chi connectivity index (χ2v) is 10.7. The molecule has 0 radical (unpaired) electrons. The lowest BCUT2D eigenvalue weighted by molar-refractivity contribution is -0.120. The number of aliphatic hydroxyl groups is 1. The molecule has 0 fully saturated rings. The van der Waals surface area contributed by atoms with Gasteiger partial charge in [0.25, 0.3) is 5.91 Å². The number of hydrogen-bond donors (Lipinski definition) is 5. The summed E-state index contributed by atoms with van der Waals surface area (Å²) in [6, 6.07) is 0. The Labute approximate surface area is 251 Å². The standard InChI is InChI=1S/C30H43FN4O8/c1-16-12-20-25(33-11-10-31)22(36)15-21(27(20)38)34-29(39)17(2)8-7-9-23(41-5)28(43-30(40)35-32)19(4)14-18(3)26(37)24(13-16)42-6/h7-9,14-16,18,23-24,26,28,33,37H,10-13,32H2,1-6H3,(H,34,39)(H,35,40)/b9-7-,17-8+,19-14+/t16-,18+,23+,24+,26-,28+/m1/s1.